The number of hydrogen-bond acceptors (Lipinski definition) is 3. The van der Waals surface area contributed by atoms with Gasteiger partial charge in [0.05, 0.1) is 0 Å². The average molecular weight is 453 g/mol. The smallest absolute Gasteiger partial charge is 0.122 e. The lowest BCUT2D eigenvalue weighted by Gasteiger charge is -2.14. The summed E-state index contributed by atoms with van der Waals surface area (Å²) in [6, 6.07) is 21.9. The molecule has 0 spiro atoms. The van der Waals surface area contributed by atoms with Crippen LogP contribution in [-0.4, -0.2) is 15.3 Å². The van der Waals surface area contributed by atoms with Crippen LogP contribution in [0.1, 0.15) is 55.6 Å². The minimum absolute atomic E-state index is 0.246. The van der Waals surface area contributed by atoms with E-state index in [4.69, 9.17) is 0 Å². The molecule has 0 aliphatic rings. The van der Waals surface area contributed by atoms with Crippen LogP contribution in [0, 0.1) is 27.7 Å². The van der Waals surface area contributed by atoms with Gasteiger partial charge in [0.2, 0.25) is 0 Å². The minimum Gasteiger partial charge on any atom is -0.508 e. The van der Waals surface area contributed by atoms with E-state index in [0.717, 1.165) is 50.9 Å². The Kier molecular flexibility index (Phi) is 6.65. The maximum Gasteiger partial charge on any atom is 0.122 e. The van der Waals surface area contributed by atoms with Crippen LogP contribution in [0.3, 0.4) is 0 Å². The highest BCUT2D eigenvalue weighted by molar-refractivity contribution is 5.49. The average Bonchev–Trinajstić information content (AvgIpc) is 2.76. The van der Waals surface area contributed by atoms with Gasteiger partial charge in [-0.1, -0.05) is 71.3 Å². The molecule has 0 saturated carbocycles. The van der Waals surface area contributed by atoms with Crippen LogP contribution in [0.2, 0.25) is 0 Å². The Morgan fingerprint density at radius 1 is 0.471 bits per heavy atom. The Labute approximate surface area is 202 Å². The SMILES string of the molecule is Cc1cc(Cc2cc(C)c(O)c(Cc3cc(C)ccc3O)c2)cc(Cc2cc(C)ccc2O)c1. The molecule has 4 aromatic rings. The van der Waals surface area contributed by atoms with Gasteiger partial charge in [-0.25, -0.2) is 0 Å². The molecule has 0 unspecified atom stereocenters. The number of aromatic hydroxyl groups is 3. The van der Waals surface area contributed by atoms with Crippen molar-refractivity contribution in [2.45, 2.75) is 47.0 Å². The molecular weight excluding hydrogens is 420 g/mol. The summed E-state index contributed by atoms with van der Waals surface area (Å²) in [6.07, 6.45) is 1.89. The second-order valence-corrected chi connectivity index (χ2v) is 9.54. The van der Waals surface area contributed by atoms with E-state index >= 15 is 0 Å². The van der Waals surface area contributed by atoms with Crippen LogP contribution in [0.5, 0.6) is 17.2 Å². The molecule has 4 aromatic carbocycles. The lowest BCUT2D eigenvalue weighted by molar-refractivity contribution is 0.460. The molecule has 0 heterocycles. The highest BCUT2D eigenvalue weighted by atomic mass is 16.3. The zero-order valence-electron chi connectivity index (χ0n) is 20.3. The zero-order valence-corrected chi connectivity index (χ0v) is 20.3. The van der Waals surface area contributed by atoms with Crippen molar-refractivity contribution in [1.82, 2.24) is 0 Å². The predicted molar refractivity (Wildman–Crippen MR) is 138 cm³/mol. The van der Waals surface area contributed by atoms with Crippen molar-refractivity contribution in [3.63, 3.8) is 0 Å². The van der Waals surface area contributed by atoms with Gasteiger partial charge < -0.3 is 15.3 Å². The van der Waals surface area contributed by atoms with Gasteiger partial charge >= 0.3 is 0 Å². The summed E-state index contributed by atoms with van der Waals surface area (Å²) >= 11 is 0. The Balaban J connectivity index is 1.62. The second kappa shape index (κ2) is 9.64. The number of phenols is 3. The zero-order chi connectivity index (χ0) is 24.4. The van der Waals surface area contributed by atoms with E-state index in [1.165, 1.54) is 11.1 Å². The summed E-state index contributed by atoms with van der Waals surface area (Å²) in [4.78, 5) is 0. The molecule has 34 heavy (non-hydrogen) atoms. The monoisotopic (exact) mass is 452 g/mol. The van der Waals surface area contributed by atoms with Crippen molar-refractivity contribution in [2.24, 2.45) is 0 Å². The third kappa shape index (κ3) is 5.43. The molecule has 0 radical (unpaired) electrons. The van der Waals surface area contributed by atoms with Gasteiger partial charge in [-0.05, 0) is 85.2 Å². The van der Waals surface area contributed by atoms with Gasteiger partial charge in [0, 0.05) is 12.8 Å². The lowest BCUT2D eigenvalue weighted by Crippen LogP contribution is -1.98. The Morgan fingerprint density at radius 2 is 1.00 bits per heavy atom. The van der Waals surface area contributed by atoms with Crippen molar-refractivity contribution in [3.8, 4) is 17.2 Å². The molecule has 0 fully saturated rings. The number of hydrogen-bond donors (Lipinski definition) is 3. The topological polar surface area (TPSA) is 60.7 Å². The highest BCUT2D eigenvalue weighted by Gasteiger charge is 2.12. The van der Waals surface area contributed by atoms with E-state index in [2.05, 4.69) is 25.1 Å². The summed E-state index contributed by atoms with van der Waals surface area (Å²) in [5.41, 5.74) is 10.2. The number of aryl methyl sites for hydroxylation is 4. The maximum atomic E-state index is 10.7. The van der Waals surface area contributed by atoms with Gasteiger partial charge in [0.1, 0.15) is 17.2 Å². The molecule has 174 valence electrons. The number of phenolic OH excluding ortho intramolecular Hbond substituents is 3. The molecule has 3 heteroatoms. The highest BCUT2D eigenvalue weighted by Crippen LogP contribution is 2.31. The summed E-state index contributed by atoms with van der Waals surface area (Å²) in [6.45, 7) is 8.04. The first-order valence-corrected chi connectivity index (χ1v) is 11.7. The molecular formula is C31H32O3. The first-order chi connectivity index (χ1) is 16.2. The van der Waals surface area contributed by atoms with Crippen molar-refractivity contribution in [2.75, 3.05) is 0 Å². The maximum absolute atomic E-state index is 10.7. The minimum atomic E-state index is 0.246. The van der Waals surface area contributed by atoms with Crippen LogP contribution >= 0.6 is 0 Å². The van der Waals surface area contributed by atoms with Crippen LogP contribution in [0.15, 0.2) is 66.7 Å². The number of rotatable bonds is 6. The van der Waals surface area contributed by atoms with E-state index in [1.807, 2.05) is 57.2 Å². The van der Waals surface area contributed by atoms with Gasteiger partial charge in [-0.2, -0.15) is 0 Å². The van der Waals surface area contributed by atoms with E-state index in [9.17, 15) is 15.3 Å². The van der Waals surface area contributed by atoms with E-state index < -0.39 is 0 Å². The van der Waals surface area contributed by atoms with Crippen LogP contribution in [-0.2, 0) is 19.3 Å². The van der Waals surface area contributed by atoms with Crippen molar-refractivity contribution >= 4 is 0 Å². The molecule has 0 amide bonds. The van der Waals surface area contributed by atoms with Gasteiger partial charge in [0.15, 0.2) is 0 Å². The summed E-state index contributed by atoms with van der Waals surface area (Å²) < 4.78 is 0. The Bertz CT molecular complexity index is 1350. The van der Waals surface area contributed by atoms with Crippen LogP contribution in [0.4, 0.5) is 0 Å². The van der Waals surface area contributed by atoms with Crippen LogP contribution < -0.4 is 0 Å². The summed E-state index contributed by atoms with van der Waals surface area (Å²) in [5, 5.41) is 31.3. The Hall–Kier alpha value is -3.72. The molecule has 0 aliphatic carbocycles. The molecule has 3 N–H and O–H groups in total. The molecule has 0 saturated heterocycles. The third-order valence-corrected chi connectivity index (χ3v) is 6.29. The largest absolute Gasteiger partial charge is 0.508 e. The Morgan fingerprint density at radius 3 is 1.62 bits per heavy atom. The normalized spacial score (nSPS) is 11.1. The van der Waals surface area contributed by atoms with Gasteiger partial charge in [-0.15, -0.1) is 0 Å². The van der Waals surface area contributed by atoms with E-state index in [-0.39, 0.29) is 11.5 Å². The molecule has 0 atom stereocenters. The predicted octanol–water partition coefficient (Wildman–Crippen LogP) is 6.81. The number of benzene rings is 4. The first kappa shape index (κ1) is 23.4. The summed E-state index contributed by atoms with van der Waals surface area (Å²) in [7, 11) is 0. The van der Waals surface area contributed by atoms with E-state index in [1.54, 1.807) is 12.1 Å². The molecule has 3 nitrogen and oxygen atoms in total. The first-order valence-electron chi connectivity index (χ1n) is 11.7. The fourth-order valence-electron chi connectivity index (χ4n) is 4.70. The quantitative estimate of drug-likeness (QED) is 0.301. The van der Waals surface area contributed by atoms with Crippen molar-refractivity contribution < 1.29 is 15.3 Å². The molecule has 4 rings (SSSR count). The third-order valence-electron chi connectivity index (χ3n) is 6.29. The fourth-order valence-corrected chi connectivity index (χ4v) is 4.70. The van der Waals surface area contributed by atoms with Crippen LogP contribution in [0.25, 0.3) is 0 Å². The lowest BCUT2D eigenvalue weighted by atomic mass is 9.93. The van der Waals surface area contributed by atoms with Gasteiger partial charge in [0.25, 0.3) is 0 Å². The second-order valence-electron chi connectivity index (χ2n) is 9.54. The summed E-state index contributed by atoms with van der Waals surface area (Å²) in [5.74, 6) is 0.854. The molecule has 0 bridgehead atoms. The fraction of sp³-hybridized carbons (Fsp3) is 0.226. The van der Waals surface area contributed by atoms with Crippen molar-refractivity contribution in [1.29, 1.82) is 0 Å². The van der Waals surface area contributed by atoms with Gasteiger partial charge in [-0.3, -0.25) is 0 Å². The van der Waals surface area contributed by atoms with Crippen molar-refractivity contribution in [3.05, 3.63) is 122 Å². The molecule has 0 aromatic heterocycles. The standard InChI is InChI=1S/C31H32O3/c1-19-5-7-29(32)26(11-19)16-24-10-21(3)9-23(14-24)15-25-13-22(4)31(34)28(17-25)18-27-12-20(2)6-8-30(27)33/h5-14,17,32-34H,15-16,18H2,1-4H3. The molecule has 0 aliphatic heterocycles. The van der Waals surface area contributed by atoms with E-state index in [0.29, 0.717) is 18.6 Å².